The molecule has 0 aromatic heterocycles. The highest BCUT2D eigenvalue weighted by Gasteiger charge is 2.14. The van der Waals surface area contributed by atoms with E-state index < -0.39 is 6.09 Å². The molecule has 5 nitrogen and oxygen atoms in total. The van der Waals surface area contributed by atoms with Gasteiger partial charge in [-0.15, -0.1) is 0 Å². The summed E-state index contributed by atoms with van der Waals surface area (Å²) in [6.45, 7) is 3.93. The Morgan fingerprint density at radius 3 is 2.47 bits per heavy atom. The number of rotatable bonds is 5. The van der Waals surface area contributed by atoms with E-state index in [1.807, 2.05) is 44.2 Å². The van der Waals surface area contributed by atoms with Crippen molar-refractivity contribution in [3.63, 3.8) is 0 Å². The van der Waals surface area contributed by atoms with E-state index in [1.165, 1.54) is 11.9 Å². The smallest absolute Gasteiger partial charge is 0.410 e. The molecule has 0 saturated carbocycles. The topological polar surface area (TPSA) is 58.6 Å². The average Bonchev–Trinajstić information content (AvgIpc) is 2.36. The average molecular weight is 264 g/mol. The molecule has 1 aromatic rings. The summed E-state index contributed by atoms with van der Waals surface area (Å²) in [5.74, 6) is -0.200. The first kappa shape index (κ1) is 15.0. The lowest BCUT2D eigenvalue weighted by Crippen LogP contribution is -2.41. The lowest BCUT2D eigenvalue weighted by Gasteiger charge is -2.17. The van der Waals surface area contributed by atoms with Crippen LogP contribution in [0.1, 0.15) is 19.4 Å². The molecule has 0 aliphatic heterocycles. The van der Waals surface area contributed by atoms with Crippen molar-refractivity contribution in [2.75, 3.05) is 13.6 Å². The lowest BCUT2D eigenvalue weighted by atomic mass is 10.2. The van der Waals surface area contributed by atoms with Gasteiger partial charge in [0.1, 0.15) is 13.2 Å². The number of nitrogens with zero attached hydrogens (tertiary/aromatic N) is 1. The Hall–Kier alpha value is -2.04. The van der Waals surface area contributed by atoms with Crippen molar-refractivity contribution in [2.45, 2.75) is 26.5 Å². The monoisotopic (exact) mass is 264 g/mol. The molecule has 0 aliphatic carbocycles. The number of ether oxygens (including phenoxy) is 1. The zero-order chi connectivity index (χ0) is 14.3. The lowest BCUT2D eigenvalue weighted by molar-refractivity contribution is -0.122. The first-order valence-corrected chi connectivity index (χ1v) is 6.20. The van der Waals surface area contributed by atoms with E-state index >= 15 is 0 Å². The number of hydrogen-bond donors (Lipinski definition) is 1. The normalized spacial score (nSPS) is 10.1. The Kier molecular flexibility index (Phi) is 5.85. The van der Waals surface area contributed by atoms with Gasteiger partial charge in [-0.25, -0.2) is 4.79 Å². The van der Waals surface area contributed by atoms with Gasteiger partial charge in [0.2, 0.25) is 5.91 Å². The van der Waals surface area contributed by atoms with Gasteiger partial charge in [0.25, 0.3) is 0 Å². The Morgan fingerprint density at radius 1 is 1.26 bits per heavy atom. The maximum atomic E-state index is 11.7. The molecule has 2 amide bonds. The van der Waals surface area contributed by atoms with Crippen LogP contribution in [-0.4, -0.2) is 36.5 Å². The molecule has 0 heterocycles. The Balaban J connectivity index is 2.35. The van der Waals surface area contributed by atoms with Crippen molar-refractivity contribution in [3.05, 3.63) is 35.9 Å². The van der Waals surface area contributed by atoms with E-state index in [9.17, 15) is 9.59 Å². The maximum Gasteiger partial charge on any atom is 0.410 e. The second-order valence-corrected chi connectivity index (χ2v) is 4.62. The van der Waals surface area contributed by atoms with Gasteiger partial charge in [-0.2, -0.15) is 0 Å². The molecular weight excluding hydrogens is 244 g/mol. The van der Waals surface area contributed by atoms with Crippen molar-refractivity contribution in [2.24, 2.45) is 0 Å². The van der Waals surface area contributed by atoms with Gasteiger partial charge < -0.3 is 15.0 Å². The molecule has 1 rings (SSSR count). The molecule has 104 valence electrons. The quantitative estimate of drug-likeness (QED) is 0.882. The fraction of sp³-hybridized carbons (Fsp3) is 0.429. The Bertz CT molecular complexity index is 418. The predicted octanol–water partition coefficient (Wildman–Crippen LogP) is 1.78. The minimum atomic E-state index is -0.511. The molecule has 1 N–H and O–H groups in total. The largest absolute Gasteiger partial charge is 0.445 e. The Labute approximate surface area is 113 Å². The van der Waals surface area contributed by atoms with Gasteiger partial charge in [-0.1, -0.05) is 30.3 Å². The second-order valence-electron chi connectivity index (χ2n) is 4.62. The zero-order valence-corrected chi connectivity index (χ0v) is 11.6. The number of hydrogen-bond acceptors (Lipinski definition) is 3. The van der Waals surface area contributed by atoms with E-state index in [2.05, 4.69) is 5.32 Å². The minimum absolute atomic E-state index is 0.00813. The highest BCUT2D eigenvalue weighted by molar-refractivity contribution is 5.82. The van der Waals surface area contributed by atoms with Crippen LogP contribution < -0.4 is 5.32 Å². The molecule has 0 fully saturated rings. The summed E-state index contributed by atoms with van der Waals surface area (Å²) in [5.41, 5.74) is 0.913. The van der Waals surface area contributed by atoms with E-state index in [1.54, 1.807) is 0 Å². The third kappa shape index (κ3) is 5.90. The number of likely N-dealkylation sites (N-methyl/N-ethyl adjacent to an activating group) is 1. The molecule has 0 saturated heterocycles. The first-order chi connectivity index (χ1) is 8.99. The molecule has 19 heavy (non-hydrogen) atoms. The molecule has 0 radical (unpaired) electrons. The first-order valence-electron chi connectivity index (χ1n) is 6.20. The number of benzene rings is 1. The summed E-state index contributed by atoms with van der Waals surface area (Å²) in [6.07, 6.45) is -0.511. The predicted molar refractivity (Wildman–Crippen MR) is 72.5 cm³/mol. The molecular formula is C14H20N2O3. The van der Waals surface area contributed by atoms with Gasteiger partial charge in [0, 0.05) is 13.1 Å². The van der Waals surface area contributed by atoms with Crippen LogP contribution in [0.3, 0.4) is 0 Å². The van der Waals surface area contributed by atoms with Crippen molar-refractivity contribution < 1.29 is 14.3 Å². The van der Waals surface area contributed by atoms with Gasteiger partial charge in [-0.3, -0.25) is 4.79 Å². The van der Waals surface area contributed by atoms with Crippen molar-refractivity contribution >= 4 is 12.0 Å². The van der Waals surface area contributed by atoms with Gasteiger partial charge in [0.05, 0.1) is 0 Å². The summed E-state index contributed by atoms with van der Waals surface area (Å²) >= 11 is 0. The van der Waals surface area contributed by atoms with Crippen LogP contribution in [-0.2, 0) is 16.1 Å². The minimum Gasteiger partial charge on any atom is -0.445 e. The second kappa shape index (κ2) is 7.41. The third-order valence-corrected chi connectivity index (χ3v) is 2.35. The Morgan fingerprint density at radius 2 is 1.89 bits per heavy atom. The molecule has 0 atom stereocenters. The number of carbonyl (C=O) groups excluding carboxylic acids is 2. The molecule has 0 unspecified atom stereocenters. The molecule has 0 spiro atoms. The zero-order valence-electron chi connectivity index (χ0n) is 11.6. The molecule has 0 aliphatic rings. The SMILES string of the molecule is CC(C)NC(=O)CN(C)C(=O)OCc1ccccc1. The number of carbonyl (C=O) groups is 2. The fourth-order valence-corrected chi connectivity index (χ4v) is 1.48. The highest BCUT2D eigenvalue weighted by Crippen LogP contribution is 2.02. The van der Waals surface area contributed by atoms with Crippen LogP contribution in [0.15, 0.2) is 30.3 Å². The highest BCUT2D eigenvalue weighted by atomic mass is 16.6. The fourth-order valence-electron chi connectivity index (χ4n) is 1.48. The molecule has 0 bridgehead atoms. The molecule has 1 aromatic carbocycles. The third-order valence-electron chi connectivity index (χ3n) is 2.35. The summed E-state index contributed by atoms with van der Waals surface area (Å²) in [4.78, 5) is 24.4. The van der Waals surface area contributed by atoms with Crippen molar-refractivity contribution in [1.29, 1.82) is 0 Å². The van der Waals surface area contributed by atoms with Crippen LogP contribution in [0, 0.1) is 0 Å². The van der Waals surface area contributed by atoms with E-state index in [4.69, 9.17) is 4.74 Å². The van der Waals surface area contributed by atoms with E-state index in [0.717, 1.165) is 5.56 Å². The van der Waals surface area contributed by atoms with Crippen LogP contribution >= 0.6 is 0 Å². The van der Waals surface area contributed by atoms with Crippen LogP contribution in [0.4, 0.5) is 4.79 Å². The summed E-state index contributed by atoms with van der Waals surface area (Å²) < 4.78 is 5.10. The number of amides is 2. The van der Waals surface area contributed by atoms with Crippen LogP contribution in [0.5, 0.6) is 0 Å². The van der Waals surface area contributed by atoms with E-state index in [-0.39, 0.29) is 25.1 Å². The van der Waals surface area contributed by atoms with Gasteiger partial charge >= 0.3 is 6.09 Å². The van der Waals surface area contributed by atoms with Gasteiger partial charge in [-0.05, 0) is 19.4 Å². The molecule has 5 heteroatoms. The number of nitrogens with one attached hydrogen (secondary N) is 1. The maximum absolute atomic E-state index is 11.7. The van der Waals surface area contributed by atoms with E-state index in [0.29, 0.717) is 0 Å². The van der Waals surface area contributed by atoms with Gasteiger partial charge in [0.15, 0.2) is 0 Å². The summed E-state index contributed by atoms with van der Waals surface area (Å²) in [5, 5.41) is 2.71. The van der Waals surface area contributed by atoms with Crippen LogP contribution in [0.25, 0.3) is 0 Å². The summed E-state index contributed by atoms with van der Waals surface area (Å²) in [6, 6.07) is 9.46. The van der Waals surface area contributed by atoms with Crippen LogP contribution in [0.2, 0.25) is 0 Å². The summed E-state index contributed by atoms with van der Waals surface area (Å²) in [7, 11) is 1.53. The van der Waals surface area contributed by atoms with Crippen molar-refractivity contribution in [3.8, 4) is 0 Å². The standard InChI is InChI=1S/C14H20N2O3/c1-11(2)15-13(17)9-16(3)14(18)19-10-12-7-5-4-6-8-12/h4-8,11H,9-10H2,1-3H3,(H,15,17). The van der Waals surface area contributed by atoms with Crippen molar-refractivity contribution in [1.82, 2.24) is 10.2 Å².